The molecule has 1 atom stereocenters. The summed E-state index contributed by atoms with van der Waals surface area (Å²) in [5.41, 5.74) is 0.422. The molecule has 2 saturated heterocycles. The Morgan fingerprint density at radius 1 is 1.37 bits per heavy atom. The summed E-state index contributed by atoms with van der Waals surface area (Å²) in [5.74, 6) is 1.36. The van der Waals surface area contributed by atoms with Gasteiger partial charge in [-0.1, -0.05) is 0 Å². The smallest absolute Gasteiger partial charge is 0.137 e. The molecule has 0 radical (unpaired) electrons. The SMILES string of the molecule is c1cncc(OC[C@H]2COCCC23CCNCC3)c1. The van der Waals surface area contributed by atoms with Crippen LogP contribution < -0.4 is 10.1 Å². The molecule has 1 spiro atoms. The van der Waals surface area contributed by atoms with Gasteiger partial charge in [-0.15, -0.1) is 0 Å². The zero-order chi connectivity index (χ0) is 13.0. The minimum atomic E-state index is 0.422. The van der Waals surface area contributed by atoms with Crippen molar-refractivity contribution in [2.45, 2.75) is 19.3 Å². The van der Waals surface area contributed by atoms with Gasteiger partial charge in [0.15, 0.2) is 0 Å². The Labute approximate surface area is 114 Å². The predicted octanol–water partition coefficient (Wildman–Crippen LogP) is 1.87. The number of pyridine rings is 1. The van der Waals surface area contributed by atoms with E-state index in [2.05, 4.69) is 10.3 Å². The van der Waals surface area contributed by atoms with Gasteiger partial charge in [0.25, 0.3) is 0 Å². The van der Waals surface area contributed by atoms with Crippen molar-refractivity contribution in [3.8, 4) is 5.75 Å². The van der Waals surface area contributed by atoms with Crippen LogP contribution in [0, 0.1) is 11.3 Å². The summed E-state index contributed by atoms with van der Waals surface area (Å²) < 4.78 is 11.6. The van der Waals surface area contributed by atoms with Gasteiger partial charge in [-0.2, -0.15) is 0 Å². The van der Waals surface area contributed by atoms with Gasteiger partial charge in [-0.3, -0.25) is 4.98 Å². The number of aromatic nitrogens is 1. The fourth-order valence-electron chi connectivity index (χ4n) is 3.32. The molecule has 3 heterocycles. The fourth-order valence-corrected chi connectivity index (χ4v) is 3.32. The maximum atomic E-state index is 5.91. The lowest BCUT2D eigenvalue weighted by atomic mass is 9.66. The quantitative estimate of drug-likeness (QED) is 0.903. The molecule has 0 unspecified atom stereocenters. The average molecular weight is 262 g/mol. The van der Waals surface area contributed by atoms with Crippen LogP contribution in [0.3, 0.4) is 0 Å². The molecular weight excluding hydrogens is 240 g/mol. The number of rotatable bonds is 3. The molecule has 1 aromatic rings. The van der Waals surface area contributed by atoms with Crippen LogP contribution in [0.25, 0.3) is 0 Å². The fraction of sp³-hybridized carbons (Fsp3) is 0.667. The lowest BCUT2D eigenvalue weighted by Gasteiger charge is -2.46. The van der Waals surface area contributed by atoms with Crippen molar-refractivity contribution in [2.24, 2.45) is 11.3 Å². The van der Waals surface area contributed by atoms with Crippen molar-refractivity contribution in [3.63, 3.8) is 0 Å². The highest BCUT2D eigenvalue weighted by atomic mass is 16.5. The molecule has 1 aromatic heterocycles. The minimum absolute atomic E-state index is 0.422. The van der Waals surface area contributed by atoms with E-state index in [4.69, 9.17) is 9.47 Å². The third-order valence-electron chi connectivity index (χ3n) is 4.61. The second-order valence-electron chi connectivity index (χ2n) is 5.63. The Bertz CT molecular complexity index is 382. The summed E-state index contributed by atoms with van der Waals surface area (Å²) in [6, 6.07) is 3.87. The van der Waals surface area contributed by atoms with E-state index in [1.807, 2.05) is 12.1 Å². The van der Waals surface area contributed by atoms with E-state index >= 15 is 0 Å². The number of ether oxygens (including phenoxy) is 2. The van der Waals surface area contributed by atoms with Crippen molar-refractivity contribution in [1.82, 2.24) is 10.3 Å². The van der Waals surface area contributed by atoms with Gasteiger partial charge in [-0.05, 0) is 49.9 Å². The van der Waals surface area contributed by atoms with Crippen LogP contribution in [0.5, 0.6) is 5.75 Å². The maximum absolute atomic E-state index is 5.91. The molecule has 3 rings (SSSR count). The Kier molecular flexibility index (Phi) is 3.99. The van der Waals surface area contributed by atoms with Crippen molar-refractivity contribution in [2.75, 3.05) is 32.9 Å². The first-order valence-corrected chi connectivity index (χ1v) is 7.20. The van der Waals surface area contributed by atoms with Crippen LogP contribution in [0.4, 0.5) is 0 Å². The maximum Gasteiger partial charge on any atom is 0.137 e. The van der Waals surface area contributed by atoms with Crippen LogP contribution in [0.2, 0.25) is 0 Å². The topological polar surface area (TPSA) is 43.4 Å². The molecule has 2 aliphatic heterocycles. The Hall–Kier alpha value is -1.13. The van der Waals surface area contributed by atoms with E-state index in [-0.39, 0.29) is 0 Å². The van der Waals surface area contributed by atoms with Crippen molar-refractivity contribution >= 4 is 0 Å². The molecule has 0 aliphatic carbocycles. The molecular formula is C15H22N2O2. The van der Waals surface area contributed by atoms with Crippen LogP contribution in [0.15, 0.2) is 24.5 Å². The molecule has 1 N–H and O–H groups in total. The standard InChI is InChI=1S/C15H22N2O2/c1-2-14(10-17-6-1)19-12-13-11-18-9-5-15(13)3-7-16-8-4-15/h1-2,6,10,13,16H,3-5,7-9,11-12H2/t13-/m1/s1. The minimum Gasteiger partial charge on any atom is -0.492 e. The van der Waals surface area contributed by atoms with E-state index in [1.54, 1.807) is 12.4 Å². The highest BCUT2D eigenvalue weighted by Crippen LogP contribution is 2.43. The molecule has 4 nitrogen and oxygen atoms in total. The van der Waals surface area contributed by atoms with Gasteiger partial charge in [-0.25, -0.2) is 0 Å². The molecule has 0 amide bonds. The number of hydrogen-bond donors (Lipinski definition) is 1. The number of nitrogens with one attached hydrogen (secondary N) is 1. The summed E-state index contributed by atoms with van der Waals surface area (Å²) >= 11 is 0. The summed E-state index contributed by atoms with van der Waals surface area (Å²) in [7, 11) is 0. The summed E-state index contributed by atoms with van der Waals surface area (Å²) in [5, 5.41) is 3.46. The van der Waals surface area contributed by atoms with E-state index in [0.29, 0.717) is 11.3 Å². The first-order chi connectivity index (χ1) is 9.39. The Morgan fingerprint density at radius 3 is 3.05 bits per heavy atom. The van der Waals surface area contributed by atoms with Crippen LogP contribution >= 0.6 is 0 Å². The van der Waals surface area contributed by atoms with Crippen LogP contribution in [0.1, 0.15) is 19.3 Å². The lowest BCUT2D eigenvalue weighted by molar-refractivity contribution is -0.0721. The normalized spacial score (nSPS) is 26.2. The van der Waals surface area contributed by atoms with E-state index in [9.17, 15) is 0 Å². The highest BCUT2D eigenvalue weighted by Gasteiger charge is 2.42. The van der Waals surface area contributed by atoms with Crippen molar-refractivity contribution < 1.29 is 9.47 Å². The Morgan fingerprint density at radius 2 is 2.26 bits per heavy atom. The van der Waals surface area contributed by atoms with Crippen LogP contribution in [-0.4, -0.2) is 37.9 Å². The zero-order valence-corrected chi connectivity index (χ0v) is 11.3. The molecule has 19 heavy (non-hydrogen) atoms. The third kappa shape index (κ3) is 2.90. The number of piperidine rings is 1. The zero-order valence-electron chi connectivity index (χ0n) is 11.3. The highest BCUT2D eigenvalue weighted by molar-refractivity contribution is 5.15. The second kappa shape index (κ2) is 5.88. The Balaban J connectivity index is 1.64. The molecule has 0 aromatic carbocycles. The van der Waals surface area contributed by atoms with Gasteiger partial charge in [0.1, 0.15) is 5.75 Å². The molecule has 4 heteroatoms. The van der Waals surface area contributed by atoms with E-state index in [1.165, 1.54) is 19.3 Å². The monoisotopic (exact) mass is 262 g/mol. The lowest BCUT2D eigenvalue weighted by Crippen LogP contribution is -2.48. The van der Waals surface area contributed by atoms with Gasteiger partial charge in [0, 0.05) is 18.7 Å². The number of hydrogen-bond acceptors (Lipinski definition) is 4. The van der Waals surface area contributed by atoms with Gasteiger partial charge >= 0.3 is 0 Å². The summed E-state index contributed by atoms with van der Waals surface area (Å²) in [6.07, 6.45) is 7.22. The van der Waals surface area contributed by atoms with Crippen molar-refractivity contribution in [1.29, 1.82) is 0 Å². The average Bonchev–Trinajstić information content (AvgIpc) is 2.48. The van der Waals surface area contributed by atoms with Gasteiger partial charge in [0.2, 0.25) is 0 Å². The molecule has 2 fully saturated rings. The second-order valence-corrected chi connectivity index (χ2v) is 5.63. The van der Waals surface area contributed by atoms with E-state index in [0.717, 1.165) is 38.7 Å². The van der Waals surface area contributed by atoms with Gasteiger partial charge < -0.3 is 14.8 Å². The first kappa shape index (κ1) is 12.9. The molecule has 2 aliphatic rings. The van der Waals surface area contributed by atoms with Gasteiger partial charge in [0.05, 0.1) is 19.4 Å². The third-order valence-corrected chi connectivity index (χ3v) is 4.61. The molecule has 104 valence electrons. The van der Waals surface area contributed by atoms with Crippen molar-refractivity contribution in [3.05, 3.63) is 24.5 Å². The summed E-state index contributed by atoms with van der Waals surface area (Å²) in [4.78, 5) is 4.09. The van der Waals surface area contributed by atoms with Crippen LogP contribution in [-0.2, 0) is 4.74 Å². The molecule has 0 saturated carbocycles. The first-order valence-electron chi connectivity index (χ1n) is 7.20. The number of nitrogens with zero attached hydrogens (tertiary/aromatic N) is 1. The summed E-state index contributed by atoms with van der Waals surface area (Å²) in [6.45, 7) is 4.74. The molecule has 0 bridgehead atoms. The van der Waals surface area contributed by atoms with E-state index < -0.39 is 0 Å². The largest absolute Gasteiger partial charge is 0.492 e. The predicted molar refractivity (Wildman–Crippen MR) is 73.2 cm³/mol.